The lowest BCUT2D eigenvalue weighted by Crippen LogP contribution is -2.36. The van der Waals surface area contributed by atoms with Crippen LogP contribution in [-0.2, 0) is 6.54 Å². The second-order valence-corrected chi connectivity index (χ2v) is 4.79. The Kier molecular flexibility index (Phi) is 3.75. The van der Waals surface area contributed by atoms with Crippen LogP contribution < -0.4 is 20.6 Å². The molecule has 0 fully saturated rings. The highest BCUT2D eigenvalue weighted by molar-refractivity contribution is 5.43. The number of benzene rings is 1. The van der Waals surface area contributed by atoms with Crippen LogP contribution in [0, 0.1) is 0 Å². The summed E-state index contributed by atoms with van der Waals surface area (Å²) in [6.45, 7) is 1.12. The number of hydrogen-bond donors (Lipinski definition) is 2. The number of para-hydroxylation sites is 1. The molecule has 5 nitrogen and oxygen atoms in total. The molecule has 2 heterocycles. The lowest BCUT2D eigenvalue weighted by molar-refractivity contribution is -0.00647. The summed E-state index contributed by atoms with van der Waals surface area (Å²) in [6, 6.07) is 11.8. The molecule has 0 amide bonds. The molecule has 2 N–H and O–H groups in total. The van der Waals surface area contributed by atoms with Crippen LogP contribution in [0.1, 0.15) is 5.56 Å². The van der Waals surface area contributed by atoms with Gasteiger partial charge in [0.25, 0.3) is 0 Å². The van der Waals surface area contributed by atoms with E-state index in [1.807, 2.05) is 42.5 Å². The van der Waals surface area contributed by atoms with Crippen molar-refractivity contribution in [2.75, 3.05) is 19.0 Å². The lowest BCUT2D eigenvalue weighted by Gasteiger charge is -2.13. The summed E-state index contributed by atoms with van der Waals surface area (Å²) in [6.07, 6.45) is 3.57. The first-order valence-electron chi connectivity index (χ1n) is 6.76. The van der Waals surface area contributed by atoms with Crippen LogP contribution in [-0.4, -0.2) is 28.9 Å². The number of hydrogen-bond acceptors (Lipinski definition) is 5. The van der Waals surface area contributed by atoms with Crippen LogP contribution in [0.4, 0.5) is 5.82 Å². The molecule has 0 radical (unpaired) electrons. The van der Waals surface area contributed by atoms with Gasteiger partial charge in [0.1, 0.15) is 11.6 Å². The van der Waals surface area contributed by atoms with Crippen molar-refractivity contribution in [1.82, 2.24) is 10.0 Å². The lowest BCUT2D eigenvalue weighted by atomic mass is 10.2. The molecule has 1 aromatic heterocycles. The summed E-state index contributed by atoms with van der Waals surface area (Å²) in [5.74, 6) is 1.61. The molecule has 0 saturated carbocycles. The van der Waals surface area contributed by atoms with E-state index in [0.29, 0.717) is 13.1 Å². The third-order valence-electron chi connectivity index (χ3n) is 3.38. The molecular formula is C16H17N3O2. The third kappa shape index (κ3) is 2.98. The average Bonchev–Trinajstić information content (AvgIpc) is 2.52. The van der Waals surface area contributed by atoms with Crippen LogP contribution in [0.25, 0.3) is 12.3 Å². The Balaban J connectivity index is 1.80. The molecule has 0 bridgehead atoms. The first-order valence-corrected chi connectivity index (χ1v) is 6.76. The molecule has 0 atom stereocenters. The molecule has 0 aliphatic carbocycles. The van der Waals surface area contributed by atoms with Crippen LogP contribution >= 0.6 is 0 Å². The predicted octanol–water partition coefficient (Wildman–Crippen LogP) is 0.926. The first kappa shape index (κ1) is 13.5. The minimum Gasteiger partial charge on any atom is -0.496 e. The van der Waals surface area contributed by atoms with Gasteiger partial charge in [0.2, 0.25) is 0 Å². The van der Waals surface area contributed by atoms with Crippen molar-refractivity contribution in [3.63, 3.8) is 0 Å². The van der Waals surface area contributed by atoms with Gasteiger partial charge in [0.15, 0.2) is 0 Å². The monoisotopic (exact) mass is 283 g/mol. The van der Waals surface area contributed by atoms with E-state index in [1.165, 1.54) is 0 Å². The Hall–Kier alpha value is -2.53. The highest BCUT2D eigenvalue weighted by Crippen LogP contribution is 2.17. The van der Waals surface area contributed by atoms with Gasteiger partial charge in [-0.1, -0.05) is 24.3 Å². The number of pyridine rings is 1. The Morgan fingerprint density at radius 1 is 1.29 bits per heavy atom. The van der Waals surface area contributed by atoms with Crippen molar-refractivity contribution in [2.24, 2.45) is 0 Å². The van der Waals surface area contributed by atoms with Crippen LogP contribution in [0.15, 0.2) is 36.4 Å². The Labute approximate surface area is 122 Å². The zero-order chi connectivity index (χ0) is 14.7. The van der Waals surface area contributed by atoms with Crippen LogP contribution in [0.3, 0.4) is 0 Å². The topological polar surface area (TPSA) is 57.6 Å². The van der Waals surface area contributed by atoms with Crippen LogP contribution in [0.5, 0.6) is 5.75 Å². The molecule has 1 aliphatic rings. The minimum absolute atomic E-state index is 0.489. The second kappa shape index (κ2) is 5.85. The fourth-order valence-electron chi connectivity index (χ4n) is 2.28. The standard InChI is InChI=1S/C16H17N3O2/c1-21-15-5-3-2-4-13(15)10-17-16-7-6-12-8-9-19(20)11-14(12)18-16/h2-8,11,20H,9-10H2,1H3,(H,17,18). The minimum atomic E-state index is 0.489. The van der Waals surface area contributed by atoms with E-state index in [2.05, 4.69) is 10.3 Å². The van der Waals surface area contributed by atoms with Gasteiger partial charge in [-0.3, -0.25) is 10.3 Å². The maximum atomic E-state index is 9.49. The summed E-state index contributed by atoms with van der Waals surface area (Å²) < 4.78 is 5.33. The number of ether oxygens (including phenoxy) is 1. The Bertz CT molecular complexity index is 758. The van der Waals surface area contributed by atoms with E-state index in [1.54, 1.807) is 13.3 Å². The highest BCUT2D eigenvalue weighted by Gasteiger charge is 2.04. The number of hydroxylamine groups is 2. The Morgan fingerprint density at radius 2 is 2.14 bits per heavy atom. The molecule has 1 aliphatic heterocycles. The number of aromatic nitrogens is 1. The van der Waals surface area contributed by atoms with Gasteiger partial charge >= 0.3 is 0 Å². The van der Waals surface area contributed by atoms with Crippen molar-refractivity contribution in [3.8, 4) is 5.75 Å². The quantitative estimate of drug-likeness (QED) is 0.874. The number of nitrogens with one attached hydrogen (secondary N) is 1. The van der Waals surface area contributed by atoms with Gasteiger partial charge in [-0.15, -0.1) is 0 Å². The molecule has 21 heavy (non-hydrogen) atoms. The molecule has 3 rings (SSSR count). The van der Waals surface area contributed by atoms with Gasteiger partial charge in [-0.05, 0) is 23.4 Å². The fraction of sp³-hybridized carbons (Fsp3) is 0.188. The van der Waals surface area contributed by atoms with Crippen molar-refractivity contribution in [2.45, 2.75) is 6.54 Å². The third-order valence-corrected chi connectivity index (χ3v) is 3.38. The molecule has 5 heteroatoms. The summed E-state index contributed by atoms with van der Waals surface area (Å²) in [4.78, 5) is 4.49. The summed E-state index contributed by atoms with van der Waals surface area (Å²) in [5, 5.41) is 15.7. The summed E-state index contributed by atoms with van der Waals surface area (Å²) >= 11 is 0. The van der Waals surface area contributed by atoms with E-state index in [9.17, 15) is 5.21 Å². The summed E-state index contributed by atoms with van der Waals surface area (Å²) in [7, 11) is 1.66. The van der Waals surface area contributed by atoms with E-state index in [-0.39, 0.29) is 0 Å². The maximum absolute atomic E-state index is 9.49. The first-order chi connectivity index (χ1) is 10.3. The van der Waals surface area contributed by atoms with Gasteiger partial charge in [0.05, 0.1) is 25.2 Å². The van der Waals surface area contributed by atoms with Gasteiger partial charge in [-0.25, -0.2) is 4.98 Å². The molecular weight excluding hydrogens is 266 g/mol. The molecule has 2 aromatic rings. The van der Waals surface area contributed by atoms with Crippen molar-refractivity contribution < 1.29 is 9.94 Å². The van der Waals surface area contributed by atoms with Gasteiger partial charge < -0.3 is 10.1 Å². The second-order valence-electron chi connectivity index (χ2n) is 4.79. The van der Waals surface area contributed by atoms with E-state index in [4.69, 9.17) is 4.74 Å². The number of anilines is 1. The molecule has 0 spiro atoms. The maximum Gasteiger partial charge on any atom is 0.126 e. The van der Waals surface area contributed by atoms with E-state index < -0.39 is 0 Å². The average molecular weight is 283 g/mol. The zero-order valence-corrected chi connectivity index (χ0v) is 11.8. The Morgan fingerprint density at radius 3 is 3.00 bits per heavy atom. The largest absolute Gasteiger partial charge is 0.496 e. The van der Waals surface area contributed by atoms with Crippen molar-refractivity contribution >= 4 is 18.1 Å². The molecule has 108 valence electrons. The smallest absolute Gasteiger partial charge is 0.126 e. The number of rotatable bonds is 4. The number of methoxy groups -OCH3 is 1. The molecule has 0 unspecified atom stereocenters. The summed E-state index contributed by atoms with van der Waals surface area (Å²) in [5.41, 5.74) is 1.07. The van der Waals surface area contributed by atoms with E-state index in [0.717, 1.165) is 32.8 Å². The highest BCUT2D eigenvalue weighted by atomic mass is 16.5. The fourth-order valence-corrected chi connectivity index (χ4v) is 2.28. The zero-order valence-electron chi connectivity index (χ0n) is 11.8. The number of nitrogens with zero attached hydrogens (tertiary/aromatic N) is 2. The van der Waals surface area contributed by atoms with Crippen molar-refractivity contribution in [3.05, 3.63) is 52.5 Å². The molecule has 0 saturated heterocycles. The van der Waals surface area contributed by atoms with Gasteiger partial charge in [-0.2, -0.15) is 0 Å². The SMILES string of the molecule is COc1ccccc1CNc1ccc2c(n1)=CN(O)CC=2. The van der Waals surface area contributed by atoms with Gasteiger partial charge in [0, 0.05) is 12.1 Å². The predicted molar refractivity (Wildman–Crippen MR) is 81.2 cm³/mol. The normalized spacial score (nSPS) is 13.0. The van der Waals surface area contributed by atoms with E-state index >= 15 is 0 Å². The molecule has 1 aromatic carbocycles. The number of fused-ring (bicyclic) bond motifs is 1. The van der Waals surface area contributed by atoms with Crippen molar-refractivity contribution in [1.29, 1.82) is 0 Å². The van der Waals surface area contributed by atoms with Crippen LogP contribution in [0.2, 0.25) is 0 Å².